The van der Waals surface area contributed by atoms with E-state index in [1.165, 1.54) is 81.8 Å². The lowest BCUT2D eigenvalue weighted by Gasteiger charge is -2.42. The first kappa shape index (κ1) is 28.2. The number of nitrogen functional groups attached to an aromatic ring is 2. The SMILES string of the molecule is Nc1ccc(Oc2ccc(C3(c4ccc(Oc5ccc(N)cc5)cc4)CCC(CCC4CCCCC4)CC3)cc2)cc1. The summed E-state index contributed by atoms with van der Waals surface area (Å²) in [5.74, 6) is 5.07. The van der Waals surface area contributed by atoms with Crippen molar-refractivity contribution in [1.29, 1.82) is 0 Å². The van der Waals surface area contributed by atoms with Crippen molar-refractivity contribution in [3.8, 4) is 23.0 Å². The third-order valence-electron chi connectivity index (χ3n) is 9.71. The first-order valence-corrected chi connectivity index (χ1v) is 15.8. The number of nitrogens with two attached hydrogens (primary N) is 2. The summed E-state index contributed by atoms with van der Waals surface area (Å²) in [7, 11) is 0. The van der Waals surface area contributed by atoms with E-state index in [-0.39, 0.29) is 5.41 Å². The van der Waals surface area contributed by atoms with Crippen LogP contribution in [0.15, 0.2) is 97.1 Å². The minimum Gasteiger partial charge on any atom is -0.457 e. The van der Waals surface area contributed by atoms with E-state index in [9.17, 15) is 0 Å². The van der Waals surface area contributed by atoms with Crippen molar-refractivity contribution in [2.75, 3.05) is 11.5 Å². The third-order valence-corrected chi connectivity index (χ3v) is 9.71. The number of rotatable bonds is 9. The van der Waals surface area contributed by atoms with Gasteiger partial charge in [-0.05, 0) is 121 Å². The first-order valence-electron chi connectivity index (χ1n) is 15.8. The van der Waals surface area contributed by atoms with Gasteiger partial charge in [0.05, 0.1) is 0 Å². The Balaban J connectivity index is 1.20. The second kappa shape index (κ2) is 12.9. The summed E-state index contributed by atoms with van der Waals surface area (Å²) in [4.78, 5) is 0. The maximum Gasteiger partial charge on any atom is 0.127 e. The van der Waals surface area contributed by atoms with Crippen LogP contribution in [0.3, 0.4) is 0 Å². The Morgan fingerprint density at radius 2 is 0.833 bits per heavy atom. The number of ether oxygens (including phenoxy) is 2. The second-order valence-corrected chi connectivity index (χ2v) is 12.5. The number of hydrogen-bond donors (Lipinski definition) is 2. The fourth-order valence-electron chi connectivity index (χ4n) is 7.18. The van der Waals surface area contributed by atoms with Gasteiger partial charge in [0.25, 0.3) is 0 Å². The molecule has 4 nitrogen and oxygen atoms in total. The van der Waals surface area contributed by atoms with E-state index < -0.39 is 0 Å². The second-order valence-electron chi connectivity index (χ2n) is 12.5. The Kier molecular flexibility index (Phi) is 8.69. The number of anilines is 2. The summed E-state index contributed by atoms with van der Waals surface area (Å²) in [5, 5.41) is 0. The summed E-state index contributed by atoms with van der Waals surface area (Å²) < 4.78 is 12.2. The first-order chi connectivity index (χ1) is 20.6. The van der Waals surface area contributed by atoms with Gasteiger partial charge < -0.3 is 20.9 Å². The van der Waals surface area contributed by atoms with Crippen molar-refractivity contribution in [3.63, 3.8) is 0 Å². The molecule has 218 valence electrons. The van der Waals surface area contributed by atoms with Gasteiger partial charge >= 0.3 is 0 Å². The van der Waals surface area contributed by atoms with E-state index in [0.29, 0.717) is 0 Å². The van der Waals surface area contributed by atoms with E-state index in [1.807, 2.05) is 48.5 Å². The highest BCUT2D eigenvalue weighted by Crippen LogP contribution is 2.48. The molecule has 4 aromatic rings. The molecule has 0 amide bonds. The lowest BCUT2D eigenvalue weighted by atomic mass is 9.62. The van der Waals surface area contributed by atoms with Gasteiger partial charge in [0.2, 0.25) is 0 Å². The van der Waals surface area contributed by atoms with Gasteiger partial charge in [-0.3, -0.25) is 0 Å². The normalized spacial score (nSPS) is 17.5. The molecule has 0 radical (unpaired) electrons. The largest absolute Gasteiger partial charge is 0.457 e. The minimum absolute atomic E-state index is 0.0131. The summed E-state index contributed by atoms with van der Waals surface area (Å²) in [6.07, 6.45) is 14.9. The maximum absolute atomic E-state index is 6.12. The summed E-state index contributed by atoms with van der Waals surface area (Å²) >= 11 is 0. The maximum atomic E-state index is 6.12. The predicted molar refractivity (Wildman–Crippen MR) is 173 cm³/mol. The molecule has 0 heterocycles. The van der Waals surface area contributed by atoms with Crippen LogP contribution >= 0.6 is 0 Å². The molecule has 4 heteroatoms. The van der Waals surface area contributed by atoms with Gasteiger partial charge in [0.1, 0.15) is 23.0 Å². The Bertz CT molecular complexity index is 1310. The van der Waals surface area contributed by atoms with Crippen LogP contribution in [0.4, 0.5) is 11.4 Å². The van der Waals surface area contributed by atoms with E-state index in [2.05, 4.69) is 48.5 Å². The zero-order valence-electron chi connectivity index (χ0n) is 24.6. The highest BCUT2D eigenvalue weighted by molar-refractivity contribution is 5.47. The lowest BCUT2D eigenvalue weighted by Crippen LogP contribution is -2.33. The highest BCUT2D eigenvalue weighted by Gasteiger charge is 2.38. The molecule has 6 rings (SSSR count). The molecule has 4 aromatic carbocycles. The minimum atomic E-state index is -0.0131. The molecule has 2 saturated carbocycles. The van der Waals surface area contributed by atoms with Crippen molar-refractivity contribution in [3.05, 3.63) is 108 Å². The molecular formula is C38H44N2O2. The van der Waals surface area contributed by atoms with Crippen LogP contribution in [-0.2, 0) is 5.41 Å². The molecule has 0 aliphatic heterocycles. The molecule has 2 aliphatic carbocycles. The Hall–Kier alpha value is -3.92. The van der Waals surface area contributed by atoms with Gasteiger partial charge in [-0.25, -0.2) is 0 Å². The van der Waals surface area contributed by atoms with Gasteiger partial charge in [-0.1, -0.05) is 69.2 Å². The molecule has 42 heavy (non-hydrogen) atoms. The van der Waals surface area contributed by atoms with E-state index >= 15 is 0 Å². The molecule has 0 bridgehead atoms. The van der Waals surface area contributed by atoms with Gasteiger partial charge in [0.15, 0.2) is 0 Å². The average molecular weight is 561 g/mol. The van der Waals surface area contributed by atoms with Crippen molar-refractivity contribution < 1.29 is 9.47 Å². The van der Waals surface area contributed by atoms with E-state index in [1.54, 1.807) is 0 Å². The van der Waals surface area contributed by atoms with Crippen LogP contribution in [0.1, 0.15) is 81.8 Å². The zero-order chi connectivity index (χ0) is 28.8. The molecule has 0 atom stereocenters. The topological polar surface area (TPSA) is 70.5 Å². The van der Waals surface area contributed by atoms with Crippen LogP contribution in [0.25, 0.3) is 0 Å². The quantitative estimate of drug-likeness (QED) is 0.200. The smallest absolute Gasteiger partial charge is 0.127 e. The molecule has 0 spiro atoms. The Morgan fingerprint density at radius 3 is 1.24 bits per heavy atom. The number of benzene rings is 4. The fourth-order valence-corrected chi connectivity index (χ4v) is 7.18. The van der Waals surface area contributed by atoms with E-state index in [0.717, 1.165) is 46.2 Å². The van der Waals surface area contributed by atoms with Crippen molar-refractivity contribution in [2.45, 2.75) is 76.0 Å². The van der Waals surface area contributed by atoms with Crippen molar-refractivity contribution >= 4 is 11.4 Å². The van der Waals surface area contributed by atoms with Crippen LogP contribution in [-0.4, -0.2) is 0 Å². The standard InChI is InChI=1S/C38H44N2O2/c39-32-12-20-36(21-13-32)41-34-16-8-30(9-17-34)38(26-24-29(25-27-38)7-6-28-4-2-1-3-5-28)31-10-18-35(19-11-31)42-37-22-14-33(40)15-23-37/h8-23,28-29H,1-7,24-27,39-40H2. The average Bonchev–Trinajstić information content (AvgIpc) is 3.04. The predicted octanol–water partition coefficient (Wildman–Crippen LogP) is 10.3. The molecule has 0 aromatic heterocycles. The van der Waals surface area contributed by atoms with Crippen LogP contribution in [0.5, 0.6) is 23.0 Å². The summed E-state index contributed by atoms with van der Waals surface area (Å²) in [6.45, 7) is 0. The van der Waals surface area contributed by atoms with Crippen molar-refractivity contribution in [1.82, 2.24) is 0 Å². The number of hydrogen-bond acceptors (Lipinski definition) is 4. The molecule has 0 unspecified atom stereocenters. The van der Waals surface area contributed by atoms with Crippen LogP contribution in [0.2, 0.25) is 0 Å². The molecule has 4 N–H and O–H groups in total. The molecular weight excluding hydrogens is 516 g/mol. The lowest BCUT2D eigenvalue weighted by molar-refractivity contribution is 0.229. The summed E-state index contributed by atoms with van der Waals surface area (Å²) in [5.41, 5.74) is 15.9. The highest BCUT2D eigenvalue weighted by atomic mass is 16.5. The van der Waals surface area contributed by atoms with Gasteiger partial charge in [-0.2, -0.15) is 0 Å². The third kappa shape index (κ3) is 6.75. The van der Waals surface area contributed by atoms with Gasteiger partial charge in [-0.15, -0.1) is 0 Å². The van der Waals surface area contributed by atoms with Crippen molar-refractivity contribution in [2.24, 2.45) is 11.8 Å². The fraction of sp³-hybridized carbons (Fsp3) is 0.368. The summed E-state index contributed by atoms with van der Waals surface area (Å²) in [6, 6.07) is 32.6. The van der Waals surface area contributed by atoms with Crippen LogP contribution < -0.4 is 20.9 Å². The molecule has 2 fully saturated rings. The molecule has 2 aliphatic rings. The monoisotopic (exact) mass is 560 g/mol. The Morgan fingerprint density at radius 1 is 0.476 bits per heavy atom. The zero-order valence-corrected chi connectivity index (χ0v) is 24.6. The Labute approximate surface area is 251 Å². The van der Waals surface area contributed by atoms with Gasteiger partial charge in [0, 0.05) is 16.8 Å². The van der Waals surface area contributed by atoms with E-state index in [4.69, 9.17) is 20.9 Å². The molecule has 0 saturated heterocycles. The van der Waals surface area contributed by atoms with Crippen LogP contribution in [0, 0.1) is 11.8 Å².